The Balaban J connectivity index is 2.01. The maximum Gasteiger partial charge on any atom is 0.323 e. The van der Waals surface area contributed by atoms with E-state index >= 15 is 0 Å². The van der Waals surface area contributed by atoms with Crippen molar-refractivity contribution >= 4 is 17.6 Å². The van der Waals surface area contributed by atoms with Crippen molar-refractivity contribution in [3.63, 3.8) is 0 Å². The number of ether oxygens (including phenoxy) is 2. The Morgan fingerprint density at radius 1 is 1.41 bits per heavy atom. The van der Waals surface area contributed by atoms with E-state index in [4.69, 9.17) is 9.47 Å². The summed E-state index contributed by atoms with van der Waals surface area (Å²) in [6.07, 6.45) is 0.0765. The lowest BCUT2D eigenvalue weighted by atomic mass is 10.1. The number of hydrogen-bond acceptors (Lipinski definition) is 5. The van der Waals surface area contributed by atoms with Gasteiger partial charge in [0.05, 0.1) is 18.7 Å². The molecule has 1 saturated heterocycles. The number of rotatable bonds is 6. The number of cyclic esters (lactones) is 1. The first-order valence-corrected chi connectivity index (χ1v) is 7.58. The molecule has 2 rings (SSSR count). The minimum absolute atomic E-state index is 0.0765. The summed E-state index contributed by atoms with van der Waals surface area (Å²) in [5.41, 5.74) is 0.613. The topological polar surface area (TPSA) is 67.9 Å². The van der Waals surface area contributed by atoms with E-state index in [1.807, 2.05) is 30.9 Å². The van der Waals surface area contributed by atoms with Crippen molar-refractivity contribution in [1.29, 1.82) is 0 Å². The molecule has 0 bridgehead atoms. The molecule has 1 fully saturated rings. The molecule has 120 valence electrons. The minimum atomic E-state index is -0.516. The second-order valence-corrected chi connectivity index (χ2v) is 4.99. The lowest BCUT2D eigenvalue weighted by Gasteiger charge is -2.32. The molecule has 0 saturated carbocycles. The standard InChI is InChI=1S/C16H22N2O4/c1-3-18-9-10-22-16(20)13(18)11-15(19)17-12-7-5-6-8-14(12)21-4-2/h5-8,13H,3-4,9-11H2,1-2H3,(H,17,19)/t13-/m1/s1. The number of anilines is 1. The Morgan fingerprint density at radius 3 is 2.91 bits per heavy atom. The summed E-state index contributed by atoms with van der Waals surface area (Å²) in [5, 5.41) is 2.81. The number of nitrogens with one attached hydrogen (secondary N) is 1. The fraction of sp³-hybridized carbons (Fsp3) is 0.500. The largest absolute Gasteiger partial charge is 0.492 e. The molecule has 1 aliphatic rings. The molecule has 0 unspecified atom stereocenters. The van der Waals surface area contributed by atoms with Crippen molar-refractivity contribution in [2.24, 2.45) is 0 Å². The van der Waals surface area contributed by atoms with E-state index in [0.717, 1.165) is 0 Å². The first kappa shape index (κ1) is 16.3. The summed E-state index contributed by atoms with van der Waals surface area (Å²) in [4.78, 5) is 26.1. The summed E-state index contributed by atoms with van der Waals surface area (Å²) in [5.74, 6) is 0.0627. The van der Waals surface area contributed by atoms with Crippen LogP contribution in [0.3, 0.4) is 0 Å². The highest BCUT2D eigenvalue weighted by atomic mass is 16.5. The average Bonchev–Trinajstić information content (AvgIpc) is 2.51. The highest BCUT2D eigenvalue weighted by Crippen LogP contribution is 2.24. The van der Waals surface area contributed by atoms with Crippen LogP contribution in [0.15, 0.2) is 24.3 Å². The highest BCUT2D eigenvalue weighted by molar-refractivity contribution is 5.95. The molecule has 0 aromatic heterocycles. The molecule has 6 heteroatoms. The van der Waals surface area contributed by atoms with Gasteiger partial charge < -0.3 is 14.8 Å². The molecule has 1 aliphatic heterocycles. The fourth-order valence-electron chi connectivity index (χ4n) is 2.48. The predicted molar refractivity (Wildman–Crippen MR) is 82.9 cm³/mol. The number of nitrogens with zero attached hydrogens (tertiary/aromatic N) is 1. The second kappa shape index (κ2) is 7.79. The van der Waals surface area contributed by atoms with E-state index in [1.54, 1.807) is 12.1 Å². The van der Waals surface area contributed by atoms with E-state index in [1.165, 1.54) is 0 Å². The van der Waals surface area contributed by atoms with Crippen molar-refractivity contribution in [2.45, 2.75) is 26.3 Å². The van der Waals surface area contributed by atoms with Crippen molar-refractivity contribution in [3.05, 3.63) is 24.3 Å². The van der Waals surface area contributed by atoms with Gasteiger partial charge in [-0.25, -0.2) is 0 Å². The average molecular weight is 306 g/mol. The quantitative estimate of drug-likeness (QED) is 0.810. The first-order valence-electron chi connectivity index (χ1n) is 7.58. The monoisotopic (exact) mass is 306 g/mol. The Bertz CT molecular complexity index is 533. The number of hydrogen-bond donors (Lipinski definition) is 1. The molecule has 1 aromatic carbocycles. The number of esters is 1. The summed E-state index contributed by atoms with van der Waals surface area (Å²) >= 11 is 0. The molecule has 1 atom stereocenters. The van der Waals surface area contributed by atoms with Gasteiger partial charge in [-0.2, -0.15) is 0 Å². The van der Waals surface area contributed by atoms with Gasteiger partial charge in [-0.15, -0.1) is 0 Å². The van der Waals surface area contributed by atoms with Crippen LogP contribution in [0.25, 0.3) is 0 Å². The lowest BCUT2D eigenvalue weighted by Crippen LogP contribution is -2.50. The van der Waals surface area contributed by atoms with Crippen molar-refractivity contribution in [1.82, 2.24) is 4.90 Å². The summed E-state index contributed by atoms with van der Waals surface area (Å²) < 4.78 is 10.5. The van der Waals surface area contributed by atoms with Gasteiger partial charge in [0.15, 0.2) is 0 Å². The molecule has 0 spiro atoms. The van der Waals surface area contributed by atoms with Gasteiger partial charge in [0.25, 0.3) is 0 Å². The van der Waals surface area contributed by atoms with Crippen molar-refractivity contribution in [2.75, 3.05) is 31.6 Å². The molecule has 6 nitrogen and oxygen atoms in total. The zero-order chi connectivity index (χ0) is 15.9. The zero-order valence-corrected chi connectivity index (χ0v) is 13.0. The van der Waals surface area contributed by atoms with E-state index in [2.05, 4.69) is 5.32 Å². The summed E-state index contributed by atoms with van der Waals surface area (Å²) in [6.45, 7) is 6.13. The van der Waals surface area contributed by atoms with Crippen molar-refractivity contribution < 1.29 is 19.1 Å². The smallest absolute Gasteiger partial charge is 0.323 e. The van der Waals surface area contributed by atoms with E-state index in [-0.39, 0.29) is 18.3 Å². The van der Waals surface area contributed by atoms with E-state index in [0.29, 0.717) is 37.7 Å². The van der Waals surface area contributed by atoms with Crippen molar-refractivity contribution in [3.8, 4) is 5.75 Å². The fourth-order valence-corrected chi connectivity index (χ4v) is 2.48. The highest BCUT2D eigenvalue weighted by Gasteiger charge is 2.32. The Kier molecular flexibility index (Phi) is 5.77. The molecule has 1 heterocycles. The number of benzene rings is 1. The normalized spacial score (nSPS) is 18.6. The van der Waals surface area contributed by atoms with Gasteiger partial charge >= 0.3 is 5.97 Å². The Hall–Kier alpha value is -2.08. The van der Waals surface area contributed by atoms with Crippen LogP contribution in [0.2, 0.25) is 0 Å². The second-order valence-electron chi connectivity index (χ2n) is 4.99. The maximum absolute atomic E-state index is 12.2. The molecular formula is C16H22N2O4. The summed E-state index contributed by atoms with van der Waals surface area (Å²) in [7, 11) is 0. The van der Waals surface area contributed by atoms with Crippen LogP contribution in [0.5, 0.6) is 5.75 Å². The molecule has 0 radical (unpaired) electrons. The van der Waals surface area contributed by atoms with E-state index < -0.39 is 6.04 Å². The number of morpholine rings is 1. The van der Waals surface area contributed by atoms with Gasteiger partial charge in [-0.05, 0) is 25.6 Å². The Labute approximate surface area is 130 Å². The van der Waals surface area contributed by atoms with Crippen LogP contribution in [-0.2, 0) is 14.3 Å². The minimum Gasteiger partial charge on any atom is -0.492 e. The number of likely N-dealkylation sites (N-methyl/N-ethyl adjacent to an activating group) is 1. The molecule has 1 amide bonds. The Morgan fingerprint density at radius 2 is 2.18 bits per heavy atom. The molecule has 22 heavy (non-hydrogen) atoms. The zero-order valence-electron chi connectivity index (χ0n) is 13.0. The first-order chi connectivity index (χ1) is 10.7. The number of carbonyl (C=O) groups excluding carboxylic acids is 2. The van der Waals surface area contributed by atoms with Gasteiger partial charge in [-0.3, -0.25) is 14.5 Å². The number of amides is 1. The van der Waals surface area contributed by atoms with Gasteiger partial charge in [0.1, 0.15) is 18.4 Å². The van der Waals surface area contributed by atoms with Gasteiger partial charge in [0.2, 0.25) is 5.91 Å². The van der Waals surface area contributed by atoms with Crippen LogP contribution >= 0.6 is 0 Å². The third-order valence-electron chi connectivity index (χ3n) is 3.58. The molecule has 0 aliphatic carbocycles. The maximum atomic E-state index is 12.2. The van der Waals surface area contributed by atoms with E-state index in [9.17, 15) is 9.59 Å². The third-order valence-corrected chi connectivity index (χ3v) is 3.58. The van der Waals surface area contributed by atoms with Crippen LogP contribution in [0.1, 0.15) is 20.3 Å². The van der Waals surface area contributed by atoms with Crippen LogP contribution in [-0.4, -0.2) is 49.1 Å². The number of para-hydroxylation sites is 2. The molecule has 1 aromatic rings. The van der Waals surface area contributed by atoms with Gasteiger partial charge in [0, 0.05) is 6.54 Å². The molecule has 1 N–H and O–H groups in total. The predicted octanol–water partition coefficient (Wildman–Crippen LogP) is 1.66. The third kappa shape index (κ3) is 3.98. The van der Waals surface area contributed by atoms with Gasteiger partial charge in [-0.1, -0.05) is 19.1 Å². The SMILES string of the molecule is CCOc1ccccc1NC(=O)C[C@@H]1C(=O)OCCN1CC. The van der Waals surface area contributed by atoms with Crippen LogP contribution in [0, 0.1) is 0 Å². The van der Waals surface area contributed by atoms with Crippen LogP contribution < -0.4 is 10.1 Å². The number of carbonyl (C=O) groups is 2. The summed E-state index contributed by atoms with van der Waals surface area (Å²) in [6, 6.07) is 6.73. The van der Waals surface area contributed by atoms with Crippen LogP contribution in [0.4, 0.5) is 5.69 Å². The molecular weight excluding hydrogens is 284 g/mol. The lowest BCUT2D eigenvalue weighted by molar-refractivity contribution is -0.158.